The first-order chi connectivity index (χ1) is 26.6. The van der Waals surface area contributed by atoms with Crippen LogP contribution in [-0.2, 0) is 45.1 Å². The highest BCUT2D eigenvalue weighted by Crippen LogP contribution is 2.41. The van der Waals surface area contributed by atoms with Gasteiger partial charge in [-0.3, -0.25) is 9.59 Å². The fourth-order valence-corrected chi connectivity index (χ4v) is 7.03. The van der Waals surface area contributed by atoms with Gasteiger partial charge in [-0.2, -0.15) is 5.26 Å². The molecule has 2 aliphatic heterocycles. The molecule has 56 heavy (non-hydrogen) atoms. The minimum atomic E-state index is -0.901. The van der Waals surface area contributed by atoms with Crippen molar-refractivity contribution in [1.29, 1.82) is 5.26 Å². The van der Waals surface area contributed by atoms with E-state index in [4.69, 9.17) is 42.7 Å². The number of nitrogens with one attached hydrogen (secondary N) is 2. The van der Waals surface area contributed by atoms with Crippen molar-refractivity contribution in [1.82, 2.24) is 10.6 Å². The number of carbonyl (C=O) groups is 3. The van der Waals surface area contributed by atoms with Crippen LogP contribution in [0.3, 0.4) is 0 Å². The molecule has 0 saturated carbocycles. The predicted molar refractivity (Wildman–Crippen MR) is 216 cm³/mol. The monoisotopic (exact) mass is 810 g/mol. The number of esters is 1. The molecule has 0 bridgehead atoms. The van der Waals surface area contributed by atoms with Gasteiger partial charge in [0.1, 0.15) is 24.1 Å². The first-order valence-corrected chi connectivity index (χ1v) is 18.3. The average molecular weight is 812 g/mol. The van der Waals surface area contributed by atoms with Gasteiger partial charge in [-0.05, 0) is 88.3 Å². The van der Waals surface area contributed by atoms with Crippen LogP contribution in [0.1, 0.15) is 39.5 Å². The summed E-state index contributed by atoms with van der Waals surface area (Å²) in [5, 5.41) is 16.2. The van der Waals surface area contributed by atoms with Crippen molar-refractivity contribution < 1.29 is 28.6 Å². The number of nitriles is 1. The van der Waals surface area contributed by atoms with E-state index in [1.165, 1.54) is 7.11 Å². The number of rotatable bonds is 10. The maximum atomic E-state index is 13.6. The largest absolute Gasteiger partial charge is 0.489 e. The average Bonchev–Trinajstić information content (AvgIpc) is 3.21. The Hall–Kier alpha value is -5.57. The summed E-state index contributed by atoms with van der Waals surface area (Å²) in [6, 6.07) is 31.9. The fourth-order valence-electron chi connectivity index (χ4n) is 6.71. The summed E-state index contributed by atoms with van der Waals surface area (Å²) in [5.41, 5.74) is 7.36. The highest BCUT2D eigenvalue weighted by atomic mass is 35.5. The second-order valence-corrected chi connectivity index (χ2v) is 14.2. The number of benzene rings is 5. The Morgan fingerprint density at radius 3 is 2.27 bits per heavy atom. The lowest BCUT2D eigenvalue weighted by Gasteiger charge is -2.35. The van der Waals surface area contributed by atoms with Crippen molar-refractivity contribution in [3.63, 3.8) is 0 Å². The Labute approximate surface area is 340 Å². The first kappa shape index (κ1) is 40.1. The fraction of sp³-hybridized carbons (Fsp3) is 0.209. The van der Waals surface area contributed by atoms with Crippen molar-refractivity contribution in [2.24, 2.45) is 0 Å². The molecule has 2 amide bonds. The third-order valence-corrected chi connectivity index (χ3v) is 10.6. The molecule has 0 aliphatic carbocycles. The minimum absolute atomic E-state index is 0. The highest BCUT2D eigenvalue weighted by Gasteiger charge is 2.36. The Balaban J connectivity index is 0.00000532. The molecule has 2 heterocycles. The van der Waals surface area contributed by atoms with Gasteiger partial charge in [0.25, 0.3) is 5.91 Å². The van der Waals surface area contributed by atoms with E-state index in [1.807, 2.05) is 66.7 Å². The topological polar surface area (TPSA) is 130 Å². The summed E-state index contributed by atoms with van der Waals surface area (Å²) in [7, 11) is 3.00. The number of methoxy groups -OCH3 is 1. The number of nitrogens with zero attached hydrogens (tertiary/aromatic N) is 2. The zero-order chi connectivity index (χ0) is 38.6. The van der Waals surface area contributed by atoms with Gasteiger partial charge in [-0.25, -0.2) is 4.79 Å². The molecule has 0 saturated heterocycles. The second kappa shape index (κ2) is 17.5. The maximum Gasteiger partial charge on any atom is 0.328 e. The molecule has 286 valence electrons. The van der Waals surface area contributed by atoms with Crippen molar-refractivity contribution in [3.05, 3.63) is 147 Å². The quantitative estimate of drug-likeness (QED) is 0.139. The van der Waals surface area contributed by atoms with Gasteiger partial charge in [0.05, 0.1) is 40.5 Å². The van der Waals surface area contributed by atoms with Crippen LogP contribution in [0.25, 0.3) is 11.1 Å². The Kier molecular flexibility index (Phi) is 12.5. The molecule has 0 spiro atoms. The Morgan fingerprint density at radius 1 is 0.929 bits per heavy atom. The summed E-state index contributed by atoms with van der Waals surface area (Å²) in [6.07, 6.45) is -0.267. The first-order valence-electron chi connectivity index (χ1n) is 17.6. The van der Waals surface area contributed by atoms with Gasteiger partial charge in [0.2, 0.25) is 12.0 Å². The zero-order valence-corrected chi connectivity index (χ0v) is 32.7. The molecule has 7 rings (SSSR count). The van der Waals surface area contributed by atoms with Gasteiger partial charge < -0.3 is 29.7 Å². The van der Waals surface area contributed by atoms with Gasteiger partial charge in [0.15, 0.2) is 0 Å². The van der Waals surface area contributed by atoms with E-state index < -0.39 is 24.2 Å². The third kappa shape index (κ3) is 8.77. The molecule has 10 nitrogen and oxygen atoms in total. The van der Waals surface area contributed by atoms with E-state index in [1.54, 1.807) is 48.3 Å². The number of likely N-dealkylation sites (N-methyl/N-ethyl adjacent to an activating group) is 1. The predicted octanol–water partition coefficient (Wildman–Crippen LogP) is 7.54. The molecule has 0 aromatic heterocycles. The summed E-state index contributed by atoms with van der Waals surface area (Å²) in [6.45, 7) is 0.687. The second-order valence-electron chi connectivity index (χ2n) is 13.4. The molecule has 0 radical (unpaired) electrons. The van der Waals surface area contributed by atoms with Crippen molar-refractivity contribution in [2.75, 3.05) is 19.1 Å². The van der Waals surface area contributed by atoms with Crippen LogP contribution >= 0.6 is 35.6 Å². The molecular weight excluding hydrogens is 775 g/mol. The standard InChI is InChI=1S/C43H36Cl2N4O6.ClH/c1-49-38-20-31-19-36(41(50)48-37(43(52)53-2)18-25-3-8-28(9-4-25)29-10-5-26(22-46)6-11-29)47-23-32(31)21-39(38)55-40(42(49)51)30-12-14-33(15-13-30)54-24-27-7-16-34(44)35(45)17-27;/h3-17,20-21,36-37,40,47H,18-19,23-24H2,1-2H3,(H,48,50);1H. The van der Waals surface area contributed by atoms with E-state index in [2.05, 4.69) is 16.7 Å². The van der Waals surface area contributed by atoms with Crippen molar-refractivity contribution in [2.45, 2.75) is 44.2 Å². The van der Waals surface area contributed by atoms with Crippen molar-refractivity contribution >= 4 is 59.1 Å². The van der Waals surface area contributed by atoms with Crippen molar-refractivity contribution in [3.8, 4) is 28.7 Å². The van der Waals surface area contributed by atoms with Gasteiger partial charge in [-0.1, -0.05) is 77.8 Å². The van der Waals surface area contributed by atoms with Crippen LogP contribution in [0.15, 0.2) is 103 Å². The smallest absolute Gasteiger partial charge is 0.328 e. The number of fused-ring (bicyclic) bond motifs is 2. The number of carbonyl (C=O) groups excluding carboxylic acids is 3. The number of ether oxygens (including phenoxy) is 3. The third-order valence-electron chi connectivity index (χ3n) is 9.84. The van der Waals surface area contributed by atoms with E-state index in [0.717, 1.165) is 33.4 Å². The molecule has 13 heteroatoms. The molecule has 5 aromatic carbocycles. The number of hydrogen-bond acceptors (Lipinski definition) is 8. The molecule has 3 unspecified atom stereocenters. The molecule has 2 N–H and O–H groups in total. The van der Waals surface area contributed by atoms with E-state index >= 15 is 0 Å². The molecule has 5 aromatic rings. The number of hydrogen-bond donors (Lipinski definition) is 2. The number of halogens is 3. The lowest BCUT2D eigenvalue weighted by molar-refractivity contribution is -0.145. The molecule has 0 fully saturated rings. The number of amides is 2. The van der Waals surface area contributed by atoms with E-state index in [-0.39, 0.29) is 30.6 Å². The molecule has 3 atom stereocenters. The maximum absolute atomic E-state index is 13.6. The lowest BCUT2D eigenvalue weighted by Crippen LogP contribution is -2.53. The number of anilines is 1. The summed E-state index contributed by atoms with van der Waals surface area (Å²) < 4.78 is 17.2. The zero-order valence-electron chi connectivity index (χ0n) is 30.4. The van der Waals surface area contributed by atoms with Crippen LogP contribution in [0.4, 0.5) is 5.69 Å². The van der Waals surface area contributed by atoms with E-state index in [9.17, 15) is 14.4 Å². The van der Waals surface area contributed by atoms with Gasteiger partial charge in [-0.15, -0.1) is 12.4 Å². The van der Waals surface area contributed by atoms with Gasteiger partial charge >= 0.3 is 5.97 Å². The van der Waals surface area contributed by atoms with Crippen LogP contribution in [0, 0.1) is 11.3 Å². The molecular formula is C43H37Cl3N4O6. The van der Waals surface area contributed by atoms with Crippen LogP contribution in [-0.4, -0.2) is 44.0 Å². The summed E-state index contributed by atoms with van der Waals surface area (Å²) >= 11 is 12.1. The molecule has 2 aliphatic rings. The van der Waals surface area contributed by atoms with Crippen LogP contribution < -0.4 is 25.0 Å². The van der Waals surface area contributed by atoms with Crippen LogP contribution in [0.5, 0.6) is 11.5 Å². The van der Waals surface area contributed by atoms with Crippen LogP contribution in [0.2, 0.25) is 10.0 Å². The highest BCUT2D eigenvalue weighted by molar-refractivity contribution is 6.42. The lowest BCUT2D eigenvalue weighted by atomic mass is 9.93. The van der Waals surface area contributed by atoms with Gasteiger partial charge in [0, 0.05) is 25.6 Å². The Bertz CT molecular complexity index is 2300. The normalized spacial score (nSPS) is 16.2. The minimum Gasteiger partial charge on any atom is -0.489 e. The summed E-state index contributed by atoms with van der Waals surface area (Å²) in [5.74, 6) is 0.0703. The summed E-state index contributed by atoms with van der Waals surface area (Å²) in [4.78, 5) is 41.5. The Morgan fingerprint density at radius 2 is 1.61 bits per heavy atom. The van der Waals surface area contributed by atoms with E-state index in [0.29, 0.717) is 57.9 Å². The SMILES string of the molecule is COC(=O)C(Cc1ccc(-c2ccc(C#N)cc2)cc1)NC(=O)C1Cc2cc3c(cc2CN1)OC(c1ccc(OCc2ccc(Cl)c(Cl)c2)cc1)C(=O)N3C.Cl.